The van der Waals surface area contributed by atoms with E-state index in [0.29, 0.717) is 0 Å². The summed E-state index contributed by atoms with van der Waals surface area (Å²) >= 11 is 6.37. The highest BCUT2D eigenvalue weighted by Gasteiger charge is 2.23. The normalized spacial score (nSPS) is 16.4. The summed E-state index contributed by atoms with van der Waals surface area (Å²) in [5, 5.41) is 3.61. The summed E-state index contributed by atoms with van der Waals surface area (Å²) in [5.74, 6) is 0. The van der Waals surface area contributed by atoms with E-state index < -0.39 is 0 Å². The number of rotatable bonds is 1. The zero-order valence-electron chi connectivity index (χ0n) is 14.5. The first-order chi connectivity index (χ1) is 13.3. The van der Waals surface area contributed by atoms with Gasteiger partial charge in [0.05, 0.1) is 10.9 Å². The summed E-state index contributed by atoms with van der Waals surface area (Å²) in [4.78, 5) is 3.60. The van der Waals surface area contributed by atoms with Crippen molar-refractivity contribution in [3.05, 3.63) is 78.0 Å². The number of aromatic nitrogens is 1. The molecule has 1 N–H and O–H groups in total. The summed E-state index contributed by atoms with van der Waals surface area (Å²) < 4.78 is 6.21. The molecule has 0 spiro atoms. The quantitative estimate of drug-likeness (QED) is 0.319. The maximum Gasteiger partial charge on any atom is 0.138 e. The summed E-state index contributed by atoms with van der Waals surface area (Å²) in [6.45, 7) is 0. The monoisotopic (exact) mass is 369 g/mol. The van der Waals surface area contributed by atoms with Gasteiger partial charge < -0.3 is 9.40 Å². The van der Waals surface area contributed by atoms with E-state index in [-0.39, 0.29) is 5.38 Å². The molecule has 3 aromatic carbocycles. The lowest BCUT2D eigenvalue weighted by molar-refractivity contribution is 0.669. The summed E-state index contributed by atoms with van der Waals surface area (Å²) in [5.41, 5.74) is 7.79. The van der Waals surface area contributed by atoms with E-state index in [4.69, 9.17) is 16.0 Å². The molecular formula is C24H16ClNO. The van der Waals surface area contributed by atoms with Crippen molar-refractivity contribution in [2.75, 3.05) is 0 Å². The Balaban J connectivity index is 1.86. The third-order valence-corrected chi connectivity index (χ3v) is 5.78. The Morgan fingerprint density at radius 1 is 0.926 bits per heavy atom. The van der Waals surface area contributed by atoms with Gasteiger partial charge in [0.2, 0.25) is 0 Å². The Hall–Kier alpha value is -2.97. The van der Waals surface area contributed by atoms with Gasteiger partial charge in [-0.15, -0.1) is 11.6 Å². The van der Waals surface area contributed by atoms with E-state index in [9.17, 15) is 0 Å². The van der Waals surface area contributed by atoms with E-state index in [1.165, 1.54) is 33.2 Å². The van der Waals surface area contributed by atoms with E-state index in [0.717, 1.165) is 28.5 Å². The van der Waals surface area contributed by atoms with Crippen LogP contribution < -0.4 is 0 Å². The van der Waals surface area contributed by atoms with E-state index in [1.54, 1.807) is 0 Å². The lowest BCUT2D eigenvalue weighted by Gasteiger charge is -2.12. The van der Waals surface area contributed by atoms with Crippen LogP contribution in [0.1, 0.15) is 11.3 Å². The number of allylic oxidation sites excluding steroid dienone is 1. The van der Waals surface area contributed by atoms with Gasteiger partial charge in [0, 0.05) is 45.5 Å². The number of hydrogen-bond donors (Lipinski definition) is 1. The fourth-order valence-electron chi connectivity index (χ4n) is 4.35. The molecule has 1 aliphatic carbocycles. The highest BCUT2D eigenvalue weighted by Crippen LogP contribution is 2.44. The molecule has 0 saturated carbocycles. The number of H-pyrrole nitrogens is 1. The van der Waals surface area contributed by atoms with Crippen LogP contribution in [0.2, 0.25) is 0 Å². The van der Waals surface area contributed by atoms with Gasteiger partial charge >= 0.3 is 0 Å². The molecule has 6 rings (SSSR count). The largest absolute Gasteiger partial charge is 0.456 e. The van der Waals surface area contributed by atoms with E-state index in [2.05, 4.69) is 65.7 Å². The predicted molar refractivity (Wildman–Crippen MR) is 113 cm³/mol. The molecule has 0 fully saturated rings. The highest BCUT2D eigenvalue weighted by atomic mass is 35.5. The number of furan rings is 1. The first-order valence-electron chi connectivity index (χ1n) is 9.16. The van der Waals surface area contributed by atoms with Crippen molar-refractivity contribution >= 4 is 50.5 Å². The molecule has 0 bridgehead atoms. The lowest BCUT2D eigenvalue weighted by atomic mass is 9.92. The van der Waals surface area contributed by atoms with Crippen molar-refractivity contribution in [3.8, 4) is 11.1 Å². The fourth-order valence-corrected chi connectivity index (χ4v) is 4.58. The van der Waals surface area contributed by atoms with E-state index in [1.807, 2.05) is 12.1 Å². The van der Waals surface area contributed by atoms with Gasteiger partial charge in [-0.1, -0.05) is 60.7 Å². The molecular weight excluding hydrogens is 354 g/mol. The maximum atomic E-state index is 6.37. The van der Waals surface area contributed by atoms with Crippen molar-refractivity contribution in [1.29, 1.82) is 0 Å². The van der Waals surface area contributed by atoms with Gasteiger partial charge in [-0.2, -0.15) is 0 Å². The van der Waals surface area contributed by atoms with Crippen molar-refractivity contribution < 1.29 is 4.42 Å². The van der Waals surface area contributed by atoms with Crippen LogP contribution in [0.15, 0.2) is 71.2 Å². The first-order valence-corrected chi connectivity index (χ1v) is 9.60. The van der Waals surface area contributed by atoms with Crippen LogP contribution in [-0.2, 0) is 6.42 Å². The van der Waals surface area contributed by atoms with Gasteiger partial charge in [0.15, 0.2) is 0 Å². The molecule has 0 saturated heterocycles. The van der Waals surface area contributed by atoms with Crippen LogP contribution in [0.4, 0.5) is 0 Å². The summed E-state index contributed by atoms with van der Waals surface area (Å²) in [6.07, 6.45) is 5.07. The minimum absolute atomic E-state index is 0.0366. The Morgan fingerprint density at radius 3 is 2.63 bits per heavy atom. The van der Waals surface area contributed by atoms with Crippen LogP contribution in [0.3, 0.4) is 0 Å². The molecule has 2 aromatic heterocycles. The van der Waals surface area contributed by atoms with Crippen molar-refractivity contribution in [1.82, 2.24) is 4.98 Å². The lowest BCUT2D eigenvalue weighted by Crippen LogP contribution is -2.04. The van der Waals surface area contributed by atoms with Crippen LogP contribution in [-0.4, -0.2) is 10.4 Å². The molecule has 1 aliphatic rings. The number of halogens is 1. The molecule has 5 aromatic rings. The molecule has 1 atom stereocenters. The smallest absolute Gasteiger partial charge is 0.138 e. The molecule has 130 valence electrons. The molecule has 0 aliphatic heterocycles. The van der Waals surface area contributed by atoms with Gasteiger partial charge in [-0.25, -0.2) is 0 Å². The topological polar surface area (TPSA) is 28.9 Å². The van der Waals surface area contributed by atoms with Crippen LogP contribution >= 0.6 is 11.6 Å². The van der Waals surface area contributed by atoms with Crippen molar-refractivity contribution in [2.45, 2.75) is 11.8 Å². The Morgan fingerprint density at radius 2 is 1.74 bits per heavy atom. The molecule has 1 unspecified atom stereocenters. The predicted octanol–water partition coefficient (Wildman–Crippen LogP) is 6.91. The van der Waals surface area contributed by atoms with Crippen molar-refractivity contribution in [3.63, 3.8) is 0 Å². The first kappa shape index (κ1) is 15.1. The summed E-state index contributed by atoms with van der Waals surface area (Å²) in [6, 6.07) is 21.0. The van der Waals surface area contributed by atoms with Crippen LogP contribution in [0.25, 0.3) is 50.0 Å². The number of para-hydroxylation sites is 1. The van der Waals surface area contributed by atoms with Gasteiger partial charge in [-0.05, 0) is 11.6 Å². The molecule has 0 amide bonds. The Labute approximate surface area is 161 Å². The van der Waals surface area contributed by atoms with E-state index >= 15 is 0 Å². The average molecular weight is 370 g/mol. The molecule has 2 heterocycles. The Bertz CT molecular complexity index is 1360. The molecule has 27 heavy (non-hydrogen) atoms. The third-order valence-electron chi connectivity index (χ3n) is 5.48. The second-order valence-electron chi connectivity index (χ2n) is 7.11. The second kappa shape index (κ2) is 5.51. The standard InChI is InChI=1S/C24H16ClNO/c25-15-10-11-16-18(12-15)26-19-13-21-24(17-8-4-5-9-20(17)27-21)22(23(16)19)14-6-2-1-3-7-14/h1-11,13,15,26H,12H2. The highest BCUT2D eigenvalue weighted by molar-refractivity contribution is 6.24. The number of benzene rings is 3. The average Bonchev–Trinajstić information content (AvgIpc) is 3.23. The number of fused-ring (bicyclic) bond motifs is 6. The van der Waals surface area contributed by atoms with Gasteiger partial charge in [0.25, 0.3) is 0 Å². The number of aromatic amines is 1. The summed E-state index contributed by atoms with van der Waals surface area (Å²) in [7, 11) is 0. The second-order valence-corrected chi connectivity index (χ2v) is 7.67. The minimum atomic E-state index is 0.0366. The number of nitrogens with one attached hydrogen (secondary N) is 1. The molecule has 0 radical (unpaired) electrons. The number of alkyl halides is 1. The minimum Gasteiger partial charge on any atom is -0.456 e. The fraction of sp³-hybridized carbons (Fsp3) is 0.0833. The molecule has 2 nitrogen and oxygen atoms in total. The zero-order chi connectivity index (χ0) is 18.0. The number of hydrogen-bond acceptors (Lipinski definition) is 1. The SMILES string of the molecule is ClC1C=Cc2c([nH]c3cc4oc5ccccc5c4c(-c4ccccc4)c23)C1. The van der Waals surface area contributed by atoms with Crippen molar-refractivity contribution in [2.24, 2.45) is 0 Å². The van der Waals surface area contributed by atoms with Gasteiger partial charge in [-0.3, -0.25) is 0 Å². The third kappa shape index (κ3) is 2.14. The zero-order valence-corrected chi connectivity index (χ0v) is 15.3. The molecule has 3 heteroatoms. The van der Waals surface area contributed by atoms with Crippen LogP contribution in [0, 0.1) is 0 Å². The maximum absolute atomic E-state index is 6.37. The Kier molecular flexibility index (Phi) is 3.09. The van der Waals surface area contributed by atoms with Crippen LogP contribution in [0.5, 0.6) is 0 Å². The van der Waals surface area contributed by atoms with Gasteiger partial charge in [0.1, 0.15) is 11.2 Å².